The predicted molar refractivity (Wildman–Crippen MR) is 329 cm³/mol. The molecule has 21 nitrogen and oxygen atoms in total. The van der Waals surface area contributed by atoms with Crippen LogP contribution in [-0.4, -0.2) is 164 Å². The van der Waals surface area contributed by atoms with Crippen molar-refractivity contribution >= 4 is 58.2 Å². The summed E-state index contributed by atoms with van der Waals surface area (Å²) in [6.07, 6.45) is 3.92. The number of amides is 6. The van der Waals surface area contributed by atoms with E-state index in [0.717, 1.165) is 76.0 Å². The Kier molecular flexibility index (Phi) is 18.2. The molecular weight excluding hydrogens is 1130 g/mol. The quantitative estimate of drug-likeness (QED) is 0.0554. The van der Waals surface area contributed by atoms with Crippen LogP contribution in [0.3, 0.4) is 0 Å². The van der Waals surface area contributed by atoms with Crippen LogP contribution < -0.4 is 35.8 Å². The lowest BCUT2D eigenvalue weighted by atomic mass is 9.85. The molecule has 11 rings (SSSR count). The Bertz CT molecular complexity index is 3420. The lowest BCUT2D eigenvalue weighted by Crippen LogP contribution is -2.59. The maximum atomic E-state index is 14.8. The molecule has 4 saturated heterocycles. The van der Waals surface area contributed by atoms with Gasteiger partial charge in [-0.3, -0.25) is 19.2 Å². The topological polar surface area (TPSA) is 242 Å². The summed E-state index contributed by atoms with van der Waals surface area (Å²) in [4.78, 5) is 91.4. The van der Waals surface area contributed by atoms with Crippen LogP contribution in [0.1, 0.15) is 101 Å². The first-order chi connectivity index (χ1) is 41.8. The number of aliphatic hydroxyl groups is 1. The summed E-state index contributed by atoms with van der Waals surface area (Å²) in [5, 5.41) is 27.5. The number of nitrogens with zero attached hydrogens (tertiary/aromatic N) is 9. The number of hydrogen-bond acceptors (Lipinski definition) is 15. The third-order valence-electron chi connectivity index (χ3n) is 17.2. The van der Waals surface area contributed by atoms with E-state index in [1.54, 1.807) is 35.9 Å². The van der Waals surface area contributed by atoms with Gasteiger partial charge in [-0.15, -0.1) is 11.3 Å². The summed E-state index contributed by atoms with van der Waals surface area (Å²) in [6, 6.07) is 24.7. The zero-order chi connectivity index (χ0) is 61.0. The molecule has 3 aromatic heterocycles. The molecule has 23 heteroatoms. The summed E-state index contributed by atoms with van der Waals surface area (Å²) in [5.74, 6) is -0.649. The first-order valence-corrected chi connectivity index (χ1v) is 31.2. The highest BCUT2D eigenvalue weighted by Crippen LogP contribution is 2.41. The normalized spacial score (nSPS) is 19.7. The van der Waals surface area contributed by atoms with E-state index < -0.39 is 53.0 Å². The van der Waals surface area contributed by atoms with Gasteiger partial charge in [-0.05, 0) is 98.9 Å². The number of ether oxygens (including phenoxy) is 2. The van der Waals surface area contributed by atoms with E-state index in [1.165, 1.54) is 16.2 Å². The molecule has 1 saturated carbocycles. The molecule has 0 radical (unpaired) electrons. The number of aryl methyl sites for hydroxylation is 2. The third kappa shape index (κ3) is 14.7. The van der Waals surface area contributed by atoms with Gasteiger partial charge < -0.3 is 55.4 Å². The number of piperidine rings is 2. The van der Waals surface area contributed by atoms with E-state index in [9.17, 15) is 33.5 Å². The molecule has 5 aliphatic rings. The van der Waals surface area contributed by atoms with E-state index in [-0.39, 0.29) is 62.7 Å². The minimum atomic E-state index is -2.01. The Balaban J connectivity index is 0.656. The molecule has 5 N–H and O–H groups in total. The smallest absolute Gasteiger partial charge is 0.320 e. The summed E-state index contributed by atoms with van der Waals surface area (Å²) in [7, 11) is 0. The van der Waals surface area contributed by atoms with Crippen LogP contribution in [0.15, 0.2) is 96.6 Å². The maximum Gasteiger partial charge on any atom is 0.320 e. The van der Waals surface area contributed by atoms with Crippen LogP contribution >= 0.6 is 11.3 Å². The lowest BCUT2D eigenvalue weighted by Gasteiger charge is -2.36. The van der Waals surface area contributed by atoms with E-state index in [0.29, 0.717) is 69.8 Å². The number of β-amino-alcohol motifs (C(OH)–C–C–N with tert-alkyl or cyclic N) is 1. The molecule has 0 spiro atoms. The van der Waals surface area contributed by atoms with Crippen LogP contribution in [0.4, 0.5) is 26.4 Å². The molecule has 4 aliphatic heterocycles. The van der Waals surface area contributed by atoms with Gasteiger partial charge in [0.2, 0.25) is 17.7 Å². The number of hydrogen-bond donors (Lipinski definition) is 5. The lowest BCUT2D eigenvalue weighted by molar-refractivity contribution is -0.145. The van der Waals surface area contributed by atoms with Crippen molar-refractivity contribution in [3.05, 3.63) is 113 Å². The van der Waals surface area contributed by atoms with Gasteiger partial charge in [0.15, 0.2) is 11.5 Å². The molecule has 3 aromatic carbocycles. The molecule has 1 aliphatic carbocycles. The van der Waals surface area contributed by atoms with Crippen molar-refractivity contribution < 1.29 is 42.9 Å². The standard InChI is InChI=1S/C64H78FN13O8S/c1-40-7-6-8-44(35-40)51-23-30-78(73-51)54-37-53(75-31-33-85-34-32-75)70-62(71-54)86-49-21-28-74(29-22-49)47-15-13-45(14-16-47)67-61(84)68-46-19-26-76(27-20-46)55(80)18-17-50(42-9-11-43(12-10-42)56-41(2)66-39-87-56)69-58(81)52-36-48(79)38-77(52)59(82)57(63(3,4)5)72-60(83)64(65)24-25-64/h6-16,23,30,35,37,39,46,48-50,52,57,79H,17-22,24-29,31-34,36,38H2,1-5H3,(H,69,81)(H,72,83)(H2,67,68,84)/t48-,50+,52+,57-/m1/s1. The summed E-state index contributed by atoms with van der Waals surface area (Å²) >= 11 is 1.52. The largest absolute Gasteiger partial charge is 0.460 e. The van der Waals surface area contributed by atoms with Gasteiger partial charge in [-0.25, -0.2) is 18.9 Å². The van der Waals surface area contributed by atoms with Crippen LogP contribution in [-0.2, 0) is 23.9 Å². The van der Waals surface area contributed by atoms with Crippen molar-refractivity contribution in [3.8, 4) is 33.5 Å². The van der Waals surface area contributed by atoms with E-state index >= 15 is 0 Å². The van der Waals surface area contributed by atoms with Gasteiger partial charge in [-0.2, -0.15) is 15.1 Å². The second-order valence-electron chi connectivity index (χ2n) is 24.7. The fraction of sp³-hybridized carbons (Fsp3) is 0.484. The Morgan fingerprint density at radius 2 is 1.56 bits per heavy atom. The molecule has 6 aromatic rings. The highest BCUT2D eigenvalue weighted by atomic mass is 32.1. The van der Waals surface area contributed by atoms with Gasteiger partial charge in [0, 0.05) is 107 Å². The zero-order valence-electron chi connectivity index (χ0n) is 50.0. The van der Waals surface area contributed by atoms with E-state index in [2.05, 4.69) is 61.2 Å². The predicted octanol–water partition coefficient (Wildman–Crippen LogP) is 7.70. The highest BCUT2D eigenvalue weighted by Gasteiger charge is 2.53. The fourth-order valence-corrected chi connectivity index (χ4v) is 12.7. The van der Waals surface area contributed by atoms with Gasteiger partial charge in [-0.1, -0.05) is 68.8 Å². The number of carbonyl (C=O) groups excluding carboxylic acids is 5. The minimum Gasteiger partial charge on any atom is -0.460 e. The SMILES string of the molecule is Cc1cccc(-c2ccn(-c3cc(N4CCOCC4)nc(OC4CCN(c5ccc(NC(=O)NC6CCN(C(=O)CC[C@H](NC(=O)[C@@H]7C[C@@H](O)CN7C(=O)[C@@H](NC(=O)C7(F)CC7)C(C)(C)C)c7ccc(-c8scnc8C)cc7)CC6)cc5)CC4)n3)n2)c1. The van der Waals surface area contributed by atoms with Crippen LogP contribution in [0.5, 0.6) is 6.01 Å². The van der Waals surface area contributed by atoms with Gasteiger partial charge in [0.05, 0.1) is 47.1 Å². The first kappa shape index (κ1) is 60.7. The van der Waals surface area contributed by atoms with Crippen molar-refractivity contribution in [2.45, 2.75) is 134 Å². The molecule has 0 bridgehead atoms. The number of aromatic nitrogens is 5. The molecule has 87 heavy (non-hydrogen) atoms. The number of urea groups is 1. The molecule has 0 unspecified atom stereocenters. The van der Waals surface area contributed by atoms with Crippen molar-refractivity contribution in [2.24, 2.45) is 5.41 Å². The second kappa shape index (κ2) is 26.1. The van der Waals surface area contributed by atoms with Crippen molar-refractivity contribution in [2.75, 3.05) is 74.1 Å². The monoisotopic (exact) mass is 1210 g/mol. The van der Waals surface area contributed by atoms with Gasteiger partial charge in [0.25, 0.3) is 5.91 Å². The van der Waals surface area contributed by atoms with E-state index in [1.807, 2.05) is 79.9 Å². The second-order valence-corrected chi connectivity index (χ2v) is 25.6. The average molecular weight is 1210 g/mol. The number of benzene rings is 3. The Morgan fingerprint density at radius 1 is 0.839 bits per heavy atom. The number of alkyl halides is 1. The summed E-state index contributed by atoms with van der Waals surface area (Å²) < 4.78 is 28.8. The van der Waals surface area contributed by atoms with Crippen molar-refractivity contribution in [3.63, 3.8) is 0 Å². The number of morpholine rings is 1. The number of rotatable bonds is 18. The fourth-order valence-electron chi connectivity index (χ4n) is 11.9. The van der Waals surface area contributed by atoms with Crippen molar-refractivity contribution in [1.29, 1.82) is 0 Å². The molecule has 5 fully saturated rings. The minimum absolute atomic E-state index is 0.0352. The number of anilines is 3. The third-order valence-corrected chi connectivity index (χ3v) is 18.1. The van der Waals surface area contributed by atoms with Crippen LogP contribution in [0.2, 0.25) is 0 Å². The zero-order valence-corrected chi connectivity index (χ0v) is 50.9. The Labute approximate surface area is 510 Å². The number of halogens is 1. The molecule has 460 valence electrons. The van der Waals surface area contributed by atoms with E-state index in [4.69, 9.17) is 24.5 Å². The summed E-state index contributed by atoms with van der Waals surface area (Å²) in [5.41, 5.74) is 6.27. The number of likely N-dealkylation sites (tertiary alicyclic amines) is 2. The van der Waals surface area contributed by atoms with Gasteiger partial charge >= 0.3 is 12.0 Å². The number of carbonyl (C=O) groups is 5. The average Bonchev–Trinajstić information content (AvgIpc) is 2.53. The summed E-state index contributed by atoms with van der Waals surface area (Å²) in [6.45, 7) is 14.2. The molecule has 6 amide bonds. The van der Waals surface area contributed by atoms with Gasteiger partial charge in [0.1, 0.15) is 24.0 Å². The first-order valence-electron chi connectivity index (χ1n) is 30.3. The molecule has 7 heterocycles. The number of aliphatic hydroxyl groups excluding tert-OH is 1. The van der Waals surface area contributed by atoms with Crippen LogP contribution in [0, 0.1) is 19.3 Å². The molecule has 4 atom stereocenters. The maximum absolute atomic E-state index is 14.8. The van der Waals surface area contributed by atoms with Crippen LogP contribution in [0.25, 0.3) is 27.5 Å². The number of nitrogens with one attached hydrogen (secondary N) is 4. The van der Waals surface area contributed by atoms with Crippen molar-refractivity contribution in [1.82, 2.24) is 50.5 Å². The Morgan fingerprint density at radius 3 is 2.24 bits per heavy atom. The Hall–Kier alpha value is -8.02. The number of thiazole rings is 1. The molecular formula is C64H78FN13O8S. The highest BCUT2D eigenvalue weighted by molar-refractivity contribution is 7.13.